The second kappa shape index (κ2) is 9.49. The zero-order chi connectivity index (χ0) is 27.0. The van der Waals surface area contributed by atoms with Crippen LogP contribution in [0.2, 0.25) is 10.2 Å². The Morgan fingerprint density at radius 1 is 1.08 bits per heavy atom. The maximum Gasteiger partial charge on any atom is 0.266 e. The van der Waals surface area contributed by atoms with Gasteiger partial charge in [-0.05, 0) is 63.0 Å². The van der Waals surface area contributed by atoms with Crippen molar-refractivity contribution >= 4 is 51.1 Å². The van der Waals surface area contributed by atoms with Crippen LogP contribution < -0.4 is 10.5 Å². The van der Waals surface area contributed by atoms with E-state index in [1.165, 1.54) is 19.3 Å². The molecule has 206 valence electrons. The second-order valence-electron chi connectivity index (χ2n) is 11.3. The summed E-state index contributed by atoms with van der Waals surface area (Å²) in [6.45, 7) is 2.91. The van der Waals surface area contributed by atoms with E-state index in [0.29, 0.717) is 68.0 Å². The van der Waals surface area contributed by atoms with Crippen molar-refractivity contribution in [1.82, 2.24) is 29.1 Å². The summed E-state index contributed by atoms with van der Waals surface area (Å²) in [4.78, 5) is 21.8. The zero-order valence-electron chi connectivity index (χ0n) is 22.5. The van der Waals surface area contributed by atoms with Gasteiger partial charge in [0.25, 0.3) is 5.56 Å². The molecule has 0 N–H and O–H groups in total. The van der Waals surface area contributed by atoms with Crippen LogP contribution in [0.1, 0.15) is 64.5 Å². The summed E-state index contributed by atoms with van der Waals surface area (Å²) in [7, 11) is 3.61. The number of fused-ring (bicyclic) bond motifs is 4. The molecule has 3 fully saturated rings. The normalized spacial score (nSPS) is 25.0. The van der Waals surface area contributed by atoms with Gasteiger partial charge in [-0.15, -0.1) is 0 Å². The van der Waals surface area contributed by atoms with E-state index in [4.69, 9.17) is 38.0 Å². The smallest absolute Gasteiger partial charge is 0.266 e. The van der Waals surface area contributed by atoms with Crippen molar-refractivity contribution in [1.29, 1.82) is 0 Å². The van der Waals surface area contributed by atoms with E-state index in [0.717, 1.165) is 38.1 Å². The molecule has 11 heteroatoms. The topological polar surface area (TPSA) is 83.0 Å². The average molecular weight is 571 g/mol. The lowest BCUT2D eigenvalue weighted by atomic mass is 9.86. The van der Waals surface area contributed by atoms with Crippen LogP contribution in [-0.2, 0) is 18.8 Å². The first-order valence-electron chi connectivity index (χ1n) is 14.1. The van der Waals surface area contributed by atoms with Gasteiger partial charge in [0, 0.05) is 38.3 Å². The summed E-state index contributed by atoms with van der Waals surface area (Å²) in [5.41, 5.74) is 2.25. The average Bonchev–Trinajstić information content (AvgIpc) is 3.68. The van der Waals surface area contributed by atoms with Gasteiger partial charge in [0.2, 0.25) is 5.95 Å². The third-order valence-corrected chi connectivity index (χ3v) is 9.84. The molecular weight excluding hydrogens is 537 g/mol. The van der Waals surface area contributed by atoms with Crippen molar-refractivity contribution < 1.29 is 4.74 Å². The van der Waals surface area contributed by atoms with Crippen LogP contribution in [0.5, 0.6) is 0 Å². The zero-order valence-corrected chi connectivity index (χ0v) is 24.0. The lowest BCUT2D eigenvalue weighted by molar-refractivity contribution is -0.0368. The number of benzene rings is 1. The highest BCUT2D eigenvalue weighted by Gasteiger charge is 2.47. The van der Waals surface area contributed by atoms with Gasteiger partial charge < -0.3 is 9.64 Å². The highest BCUT2D eigenvalue weighted by molar-refractivity contribution is 6.43. The predicted octanol–water partition coefficient (Wildman–Crippen LogP) is 5.85. The van der Waals surface area contributed by atoms with Crippen LogP contribution in [0.15, 0.2) is 16.9 Å². The van der Waals surface area contributed by atoms with Gasteiger partial charge in [-0.25, -0.2) is 4.68 Å². The highest BCUT2D eigenvalue weighted by atomic mass is 35.5. The Morgan fingerprint density at radius 3 is 2.69 bits per heavy atom. The van der Waals surface area contributed by atoms with Gasteiger partial charge in [-0.1, -0.05) is 36.5 Å². The Kier molecular flexibility index (Phi) is 6.17. The maximum absolute atomic E-state index is 14.2. The minimum absolute atomic E-state index is 0.126. The minimum Gasteiger partial charge on any atom is -0.356 e. The van der Waals surface area contributed by atoms with Crippen molar-refractivity contribution in [2.45, 2.75) is 76.6 Å². The molecule has 4 aromatic rings. The Bertz CT molecular complexity index is 1650. The van der Waals surface area contributed by atoms with Gasteiger partial charge in [0.1, 0.15) is 16.2 Å². The maximum atomic E-state index is 14.2. The number of ether oxygens (including phenoxy) is 1. The van der Waals surface area contributed by atoms with Gasteiger partial charge in [0.15, 0.2) is 11.9 Å². The quantitative estimate of drug-likeness (QED) is 0.300. The highest BCUT2D eigenvalue weighted by Crippen LogP contribution is 2.46. The van der Waals surface area contributed by atoms with Crippen LogP contribution in [0, 0.1) is 5.92 Å². The molecular formula is C28H33Cl2N7O2. The lowest BCUT2D eigenvalue weighted by Crippen LogP contribution is -2.36. The SMILES string of the molecule is CCC[C@@H]1C[C@@H]2CC[C@H]1N2c1nc2c(c(-c3ccc4nn(C)c(Cl)c4c3Cl)nn2C2CCCCO2)c(=O)n1C. The van der Waals surface area contributed by atoms with Gasteiger partial charge in [0.05, 0.1) is 15.9 Å². The van der Waals surface area contributed by atoms with Crippen LogP contribution in [0.3, 0.4) is 0 Å². The molecule has 0 saturated carbocycles. The summed E-state index contributed by atoms with van der Waals surface area (Å²) in [6.07, 6.45) is 8.44. The summed E-state index contributed by atoms with van der Waals surface area (Å²) in [5, 5.41) is 11.4. The fourth-order valence-corrected chi connectivity index (χ4v) is 7.81. The number of anilines is 1. The summed E-state index contributed by atoms with van der Waals surface area (Å²) < 4.78 is 11.3. The van der Waals surface area contributed by atoms with E-state index in [1.54, 1.807) is 16.3 Å². The minimum atomic E-state index is -0.282. The number of rotatable bonds is 5. The molecule has 2 bridgehead atoms. The number of hydrogen-bond donors (Lipinski definition) is 0. The summed E-state index contributed by atoms with van der Waals surface area (Å²) in [6, 6.07) is 4.59. The first-order valence-corrected chi connectivity index (χ1v) is 14.8. The largest absolute Gasteiger partial charge is 0.356 e. The van der Waals surface area contributed by atoms with E-state index in [9.17, 15) is 4.79 Å². The first kappa shape index (κ1) is 25.4. The monoisotopic (exact) mass is 569 g/mol. The Hall–Kier alpha value is -2.62. The molecule has 0 spiro atoms. The van der Waals surface area contributed by atoms with E-state index in [-0.39, 0.29) is 11.8 Å². The third kappa shape index (κ3) is 3.76. The number of hydrogen-bond acceptors (Lipinski definition) is 6. The third-order valence-electron chi connectivity index (χ3n) is 9.02. The number of aromatic nitrogens is 6. The molecule has 3 saturated heterocycles. The predicted molar refractivity (Wildman–Crippen MR) is 154 cm³/mol. The molecule has 1 unspecified atom stereocenters. The van der Waals surface area contributed by atoms with Crippen LogP contribution >= 0.6 is 23.2 Å². The summed E-state index contributed by atoms with van der Waals surface area (Å²) >= 11 is 13.5. The number of halogens is 2. The summed E-state index contributed by atoms with van der Waals surface area (Å²) in [5.74, 6) is 1.39. The molecule has 0 amide bonds. The van der Waals surface area contributed by atoms with Crippen molar-refractivity contribution in [2.75, 3.05) is 11.5 Å². The second-order valence-corrected chi connectivity index (χ2v) is 12.1. The molecule has 9 nitrogen and oxygen atoms in total. The van der Waals surface area contributed by atoms with E-state index < -0.39 is 0 Å². The molecule has 3 aromatic heterocycles. The number of nitrogens with zero attached hydrogens (tertiary/aromatic N) is 7. The Labute approximate surface area is 236 Å². The van der Waals surface area contributed by atoms with E-state index in [1.807, 2.05) is 23.9 Å². The van der Waals surface area contributed by atoms with Crippen LogP contribution in [0.4, 0.5) is 5.95 Å². The van der Waals surface area contributed by atoms with Crippen molar-refractivity contribution in [3.8, 4) is 11.3 Å². The van der Waals surface area contributed by atoms with Crippen molar-refractivity contribution in [2.24, 2.45) is 20.0 Å². The first-order chi connectivity index (χ1) is 18.9. The fraction of sp³-hybridized carbons (Fsp3) is 0.571. The molecule has 0 radical (unpaired) electrons. The van der Waals surface area contributed by atoms with Crippen LogP contribution in [-0.4, -0.2) is 47.8 Å². The molecule has 7 rings (SSSR count). The van der Waals surface area contributed by atoms with Crippen LogP contribution in [0.25, 0.3) is 33.2 Å². The molecule has 1 aromatic carbocycles. The van der Waals surface area contributed by atoms with E-state index >= 15 is 0 Å². The molecule has 6 heterocycles. The standard InChI is InChI=1S/C28H33Cl2N7O2/c1-4-7-15-14-16-9-12-19(15)36(16)28-31-26-22(27(38)34(28)2)24(33-37(26)20-8-5-6-13-39-20)17-10-11-18-21(23(17)29)25(30)35(3)32-18/h10-11,15-16,19-20H,4-9,12-14H2,1-3H3/t15-,16+,19-,20?/m1/s1. The molecule has 39 heavy (non-hydrogen) atoms. The van der Waals surface area contributed by atoms with Gasteiger partial charge in [-0.2, -0.15) is 15.2 Å². The van der Waals surface area contributed by atoms with Crippen molar-refractivity contribution in [3.05, 3.63) is 32.7 Å². The Balaban J connectivity index is 1.45. The molecule has 3 aliphatic rings. The van der Waals surface area contributed by atoms with E-state index in [2.05, 4.69) is 16.9 Å². The number of aryl methyl sites for hydroxylation is 1. The lowest BCUT2D eigenvalue weighted by Gasteiger charge is -2.27. The molecule has 3 aliphatic heterocycles. The molecule has 0 aliphatic carbocycles. The fourth-order valence-electron chi connectivity index (χ4n) is 7.20. The Morgan fingerprint density at radius 2 is 1.92 bits per heavy atom. The van der Waals surface area contributed by atoms with Gasteiger partial charge >= 0.3 is 0 Å². The molecule has 4 atom stereocenters. The van der Waals surface area contributed by atoms with Gasteiger partial charge in [-0.3, -0.25) is 14.0 Å². The van der Waals surface area contributed by atoms with Crippen molar-refractivity contribution in [3.63, 3.8) is 0 Å².